The maximum absolute atomic E-state index is 13.3. The molecule has 0 radical (unpaired) electrons. The van der Waals surface area contributed by atoms with Gasteiger partial charge in [0.05, 0.1) is 5.69 Å². The van der Waals surface area contributed by atoms with Crippen LogP contribution in [0.2, 0.25) is 0 Å². The third-order valence-electron chi connectivity index (χ3n) is 2.29. The number of anilines is 2. The Morgan fingerprint density at radius 1 is 1.42 bits per heavy atom. The summed E-state index contributed by atoms with van der Waals surface area (Å²) in [4.78, 5) is -0.319. The second-order valence-electron chi connectivity index (χ2n) is 3.61. The first-order valence-electron chi connectivity index (χ1n) is 5.33. The molecule has 0 aliphatic heterocycles. The van der Waals surface area contributed by atoms with Crippen molar-refractivity contribution >= 4 is 32.2 Å². The van der Waals surface area contributed by atoms with Gasteiger partial charge in [0.15, 0.2) is 0 Å². The molecule has 19 heavy (non-hydrogen) atoms. The number of nitrogens with zero attached hydrogens (tertiary/aromatic N) is 2. The minimum atomic E-state index is -3.97. The molecule has 0 saturated heterocycles. The summed E-state index contributed by atoms with van der Waals surface area (Å²) in [5.74, 6) is -0.783. The number of sulfonamides is 1. The van der Waals surface area contributed by atoms with Crippen molar-refractivity contribution in [2.75, 3.05) is 10.5 Å². The number of halogens is 1. The molecule has 3 N–H and O–H groups in total. The predicted molar refractivity (Wildman–Crippen MR) is 70.9 cm³/mol. The molecular formula is C10H11FN4O2S2. The fourth-order valence-electron chi connectivity index (χ4n) is 1.36. The zero-order chi connectivity index (χ0) is 14.0. The van der Waals surface area contributed by atoms with E-state index < -0.39 is 21.5 Å². The van der Waals surface area contributed by atoms with Gasteiger partial charge in [-0.05, 0) is 18.6 Å². The van der Waals surface area contributed by atoms with E-state index in [4.69, 9.17) is 5.73 Å². The molecule has 0 atom stereocenters. The highest BCUT2D eigenvalue weighted by Gasteiger charge is 2.21. The van der Waals surface area contributed by atoms with Crippen molar-refractivity contribution in [3.8, 4) is 0 Å². The van der Waals surface area contributed by atoms with Gasteiger partial charge in [-0.3, -0.25) is 4.72 Å². The number of nitrogens with one attached hydrogen (secondary N) is 1. The van der Waals surface area contributed by atoms with E-state index in [1.165, 1.54) is 12.1 Å². The number of nitrogens with two attached hydrogens (primary N) is 1. The van der Waals surface area contributed by atoms with E-state index in [1.807, 2.05) is 6.92 Å². The topological polar surface area (TPSA) is 98.0 Å². The van der Waals surface area contributed by atoms with Crippen LogP contribution in [-0.4, -0.2) is 18.6 Å². The molecule has 9 heteroatoms. The molecule has 2 rings (SSSR count). The third-order valence-corrected chi connectivity index (χ3v) is 4.80. The SMILES string of the molecule is CCc1nnc(NS(=O)(=O)c2cccc(F)c2N)s1. The Morgan fingerprint density at radius 3 is 2.79 bits per heavy atom. The van der Waals surface area contributed by atoms with Gasteiger partial charge in [0, 0.05) is 0 Å². The normalized spacial score (nSPS) is 11.5. The van der Waals surface area contributed by atoms with Crippen LogP contribution in [0.1, 0.15) is 11.9 Å². The average molecular weight is 302 g/mol. The van der Waals surface area contributed by atoms with Crippen LogP contribution in [0.3, 0.4) is 0 Å². The number of aromatic nitrogens is 2. The van der Waals surface area contributed by atoms with Crippen molar-refractivity contribution in [3.05, 3.63) is 29.0 Å². The van der Waals surface area contributed by atoms with Crippen molar-refractivity contribution in [3.63, 3.8) is 0 Å². The molecule has 0 spiro atoms. The minimum absolute atomic E-state index is 0.125. The van der Waals surface area contributed by atoms with E-state index in [0.717, 1.165) is 17.4 Å². The quantitative estimate of drug-likeness (QED) is 0.836. The van der Waals surface area contributed by atoms with Gasteiger partial charge in [-0.15, -0.1) is 10.2 Å². The van der Waals surface area contributed by atoms with Crippen molar-refractivity contribution in [1.29, 1.82) is 0 Å². The van der Waals surface area contributed by atoms with Gasteiger partial charge >= 0.3 is 0 Å². The molecule has 1 aromatic carbocycles. The molecule has 0 saturated carbocycles. The molecule has 0 fully saturated rings. The monoisotopic (exact) mass is 302 g/mol. The lowest BCUT2D eigenvalue weighted by Crippen LogP contribution is -2.15. The Hall–Kier alpha value is -1.74. The summed E-state index contributed by atoms with van der Waals surface area (Å²) in [6, 6.07) is 3.59. The molecular weight excluding hydrogens is 291 g/mol. The summed E-state index contributed by atoms with van der Waals surface area (Å²) >= 11 is 1.12. The van der Waals surface area contributed by atoms with Crippen LogP contribution in [-0.2, 0) is 16.4 Å². The van der Waals surface area contributed by atoms with E-state index in [2.05, 4.69) is 14.9 Å². The molecule has 102 valence electrons. The first-order valence-corrected chi connectivity index (χ1v) is 7.63. The van der Waals surface area contributed by atoms with Crippen molar-refractivity contribution in [2.24, 2.45) is 0 Å². The van der Waals surface area contributed by atoms with E-state index >= 15 is 0 Å². The molecule has 1 heterocycles. The second-order valence-corrected chi connectivity index (χ2v) is 6.32. The molecule has 0 aliphatic rings. The summed E-state index contributed by atoms with van der Waals surface area (Å²) in [5, 5.41) is 8.31. The minimum Gasteiger partial charge on any atom is -0.395 e. The predicted octanol–water partition coefficient (Wildman–Crippen LogP) is 1.62. The van der Waals surface area contributed by atoms with E-state index in [1.54, 1.807) is 0 Å². The summed E-state index contributed by atoms with van der Waals surface area (Å²) in [6.45, 7) is 1.88. The first kappa shape index (κ1) is 13.7. The Kier molecular flexibility index (Phi) is 3.67. The number of benzene rings is 1. The maximum atomic E-state index is 13.3. The first-order chi connectivity index (χ1) is 8.94. The summed E-state index contributed by atoms with van der Waals surface area (Å²) < 4.78 is 39.6. The van der Waals surface area contributed by atoms with Crippen LogP contribution in [0, 0.1) is 5.82 Å². The van der Waals surface area contributed by atoms with Crippen LogP contribution in [0.4, 0.5) is 15.2 Å². The summed E-state index contributed by atoms with van der Waals surface area (Å²) in [6.07, 6.45) is 0.654. The second kappa shape index (κ2) is 5.10. The van der Waals surface area contributed by atoms with Crippen molar-refractivity contribution < 1.29 is 12.8 Å². The highest BCUT2D eigenvalue weighted by Crippen LogP contribution is 2.25. The van der Waals surface area contributed by atoms with E-state index in [9.17, 15) is 12.8 Å². The lowest BCUT2D eigenvalue weighted by molar-refractivity contribution is 0.597. The number of nitrogen functional groups attached to an aromatic ring is 1. The summed E-state index contributed by atoms with van der Waals surface area (Å²) in [5.41, 5.74) is 5.01. The van der Waals surface area contributed by atoms with Crippen LogP contribution in [0.5, 0.6) is 0 Å². The Balaban J connectivity index is 2.35. The van der Waals surface area contributed by atoms with Crippen LogP contribution in [0.25, 0.3) is 0 Å². The number of hydrogen-bond acceptors (Lipinski definition) is 6. The largest absolute Gasteiger partial charge is 0.395 e. The van der Waals surface area contributed by atoms with Crippen molar-refractivity contribution in [2.45, 2.75) is 18.2 Å². The number of para-hydroxylation sites is 1. The lowest BCUT2D eigenvalue weighted by Gasteiger charge is -2.07. The molecule has 0 amide bonds. The summed E-state index contributed by atoms with van der Waals surface area (Å²) in [7, 11) is -3.97. The number of aryl methyl sites for hydroxylation is 1. The van der Waals surface area contributed by atoms with Gasteiger partial charge in [-0.1, -0.05) is 24.3 Å². The Morgan fingerprint density at radius 2 is 2.16 bits per heavy atom. The maximum Gasteiger partial charge on any atom is 0.265 e. The molecule has 0 unspecified atom stereocenters. The van der Waals surface area contributed by atoms with Gasteiger partial charge in [0.2, 0.25) is 5.13 Å². The van der Waals surface area contributed by atoms with E-state index in [0.29, 0.717) is 11.4 Å². The van der Waals surface area contributed by atoms with Crippen molar-refractivity contribution in [1.82, 2.24) is 10.2 Å². The van der Waals surface area contributed by atoms with Crippen LogP contribution in [0.15, 0.2) is 23.1 Å². The van der Waals surface area contributed by atoms with Gasteiger partial charge in [0.1, 0.15) is 15.7 Å². The molecule has 0 bridgehead atoms. The Bertz CT molecular complexity index is 699. The van der Waals surface area contributed by atoms with Gasteiger partial charge in [-0.2, -0.15) is 0 Å². The smallest absolute Gasteiger partial charge is 0.265 e. The standard InChI is InChI=1S/C10H11FN4O2S2/c1-2-8-13-14-10(18-8)15-19(16,17)7-5-3-4-6(11)9(7)12/h3-5H,2,12H2,1H3,(H,14,15). The third kappa shape index (κ3) is 2.82. The fraction of sp³-hybridized carbons (Fsp3) is 0.200. The molecule has 1 aromatic heterocycles. The zero-order valence-electron chi connectivity index (χ0n) is 9.92. The van der Waals surface area contributed by atoms with E-state index in [-0.39, 0.29) is 10.0 Å². The van der Waals surface area contributed by atoms with Gasteiger partial charge in [-0.25, -0.2) is 12.8 Å². The zero-order valence-corrected chi connectivity index (χ0v) is 11.6. The lowest BCUT2D eigenvalue weighted by atomic mass is 10.3. The van der Waals surface area contributed by atoms with Gasteiger partial charge < -0.3 is 5.73 Å². The highest BCUT2D eigenvalue weighted by molar-refractivity contribution is 7.93. The molecule has 0 aliphatic carbocycles. The number of hydrogen-bond donors (Lipinski definition) is 2. The van der Waals surface area contributed by atoms with Crippen LogP contribution < -0.4 is 10.5 Å². The van der Waals surface area contributed by atoms with Crippen LogP contribution >= 0.6 is 11.3 Å². The Labute approximate surface area is 113 Å². The molecule has 2 aromatic rings. The van der Waals surface area contributed by atoms with Gasteiger partial charge in [0.25, 0.3) is 10.0 Å². The molecule has 6 nitrogen and oxygen atoms in total. The average Bonchev–Trinajstić information content (AvgIpc) is 2.79. The highest BCUT2D eigenvalue weighted by atomic mass is 32.2. The number of rotatable bonds is 4. The fourth-order valence-corrected chi connectivity index (χ4v) is 3.41.